The molecule has 10 nitrogen and oxygen atoms in total. The van der Waals surface area contributed by atoms with E-state index in [1.807, 2.05) is 18.2 Å². The van der Waals surface area contributed by atoms with Crippen LogP contribution in [0.5, 0.6) is 0 Å². The summed E-state index contributed by atoms with van der Waals surface area (Å²) in [5.41, 5.74) is 3.10. The lowest BCUT2D eigenvalue weighted by Crippen LogP contribution is -2.13. The van der Waals surface area contributed by atoms with E-state index in [4.69, 9.17) is 9.26 Å². The number of ether oxygens (including phenoxy) is 1. The summed E-state index contributed by atoms with van der Waals surface area (Å²) in [6, 6.07) is 5.93. The normalized spacial score (nSPS) is 16.3. The minimum atomic E-state index is -0.620. The lowest BCUT2D eigenvalue weighted by atomic mass is 9.94. The van der Waals surface area contributed by atoms with Crippen molar-refractivity contribution >= 4 is 11.8 Å². The highest BCUT2D eigenvalue weighted by atomic mass is 16.5. The van der Waals surface area contributed by atoms with Crippen molar-refractivity contribution in [3.05, 3.63) is 41.0 Å². The summed E-state index contributed by atoms with van der Waals surface area (Å²) in [6.45, 7) is 3.72. The second-order valence-corrected chi connectivity index (χ2v) is 7.31. The number of esters is 1. The van der Waals surface area contributed by atoms with Gasteiger partial charge in [0.2, 0.25) is 23.3 Å². The number of aromatic nitrogens is 6. The molecular formula is C20H22N6O4. The molecule has 1 aliphatic rings. The number of ketones is 1. The first-order chi connectivity index (χ1) is 14.5. The van der Waals surface area contributed by atoms with Gasteiger partial charge in [-0.2, -0.15) is 9.78 Å². The molecule has 0 fully saturated rings. The molecule has 3 aromatic rings. The Morgan fingerprint density at radius 3 is 2.93 bits per heavy atom. The van der Waals surface area contributed by atoms with E-state index >= 15 is 0 Å². The van der Waals surface area contributed by atoms with E-state index in [9.17, 15) is 9.59 Å². The summed E-state index contributed by atoms with van der Waals surface area (Å²) in [5, 5.41) is 15.5. The van der Waals surface area contributed by atoms with E-state index in [1.54, 1.807) is 20.9 Å². The number of rotatable bonds is 7. The molecule has 2 heterocycles. The monoisotopic (exact) mass is 410 g/mol. The molecule has 156 valence electrons. The third-order valence-corrected chi connectivity index (χ3v) is 5.24. The van der Waals surface area contributed by atoms with Crippen LogP contribution in [0.1, 0.15) is 66.2 Å². The third-order valence-electron chi connectivity index (χ3n) is 5.24. The maximum absolute atomic E-state index is 12.4. The van der Waals surface area contributed by atoms with Crippen molar-refractivity contribution in [1.82, 2.24) is 30.3 Å². The van der Waals surface area contributed by atoms with E-state index < -0.39 is 11.9 Å². The van der Waals surface area contributed by atoms with Gasteiger partial charge in [-0.3, -0.25) is 9.59 Å². The van der Waals surface area contributed by atoms with Gasteiger partial charge in [0.25, 0.3) is 0 Å². The SMILES string of the molecule is CCOC(=O)C(C)c1nc(-c2ccc3c(c2)CC[C@H]3CC(=O)c2nnn(C)n2)no1. The Hall–Kier alpha value is -3.43. The maximum atomic E-state index is 12.4. The maximum Gasteiger partial charge on any atom is 0.318 e. The van der Waals surface area contributed by atoms with E-state index in [0.717, 1.165) is 29.5 Å². The predicted octanol–water partition coefficient (Wildman–Crippen LogP) is 2.23. The highest BCUT2D eigenvalue weighted by Gasteiger charge is 2.28. The molecule has 1 aliphatic carbocycles. The van der Waals surface area contributed by atoms with Crippen LogP contribution in [0.15, 0.2) is 22.7 Å². The molecular weight excluding hydrogens is 388 g/mol. The highest BCUT2D eigenvalue weighted by Crippen LogP contribution is 2.38. The zero-order chi connectivity index (χ0) is 21.3. The average molecular weight is 410 g/mol. The fourth-order valence-electron chi connectivity index (χ4n) is 3.66. The van der Waals surface area contributed by atoms with Gasteiger partial charge in [-0.25, -0.2) is 0 Å². The smallest absolute Gasteiger partial charge is 0.318 e. The lowest BCUT2D eigenvalue weighted by Gasteiger charge is -2.09. The zero-order valence-corrected chi connectivity index (χ0v) is 17.0. The number of tetrazole rings is 1. The quantitative estimate of drug-likeness (QED) is 0.425. The summed E-state index contributed by atoms with van der Waals surface area (Å²) in [7, 11) is 1.63. The molecule has 0 amide bonds. The second kappa shape index (κ2) is 8.13. The van der Waals surface area contributed by atoms with Crippen LogP contribution in [-0.4, -0.2) is 48.7 Å². The predicted molar refractivity (Wildman–Crippen MR) is 104 cm³/mol. The van der Waals surface area contributed by atoms with Gasteiger partial charge in [0.15, 0.2) is 0 Å². The Morgan fingerprint density at radius 2 is 2.20 bits per heavy atom. The third kappa shape index (κ3) is 3.85. The van der Waals surface area contributed by atoms with Crippen molar-refractivity contribution in [1.29, 1.82) is 0 Å². The van der Waals surface area contributed by atoms with Crippen LogP contribution in [-0.2, 0) is 23.0 Å². The molecule has 1 aromatic carbocycles. The summed E-state index contributed by atoms with van der Waals surface area (Å²) >= 11 is 0. The summed E-state index contributed by atoms with van der Waals surface area (Å²) in [6.07, 6.45) is 2.09. The molecule has 4 rings (SSSR count). The van der Waals surface area contributed by atoms with Crippen LogP contribution < -0.4 is 0 Å². The Bertz CT molecular complexity index is 1090. The standard InChI is InChI=1S/C20H22N6O4/c1-4-29-20(28)11(2)19-21-17(24-30-19)14-7-8-15-12(9-14)5-6-13(15)10-16(27)18-22-25-26(3)23-18/h7-9,11,13H,4-6,10H2,1-3H3/t11?,13-/m0/s1. The molecule has 1 unspecified atom stereocenters. The largest absolute Gasteiger partial charge is 0.465 e. The molecule has 0 aliphatic heterocycles. The highest BCUT2D eigenvalue weighted by molar-refractivity contribution is 5.92. The van der Waals surface area contributed by atoms with Gasteiger partial charge in [-0.15, -0.1) is 10.2 Å². The van der Waals surface area contributed by atoms with Gasteiger partial charge in [0.05, 0.1) is 13.7 Å². The minimum absolute atomic E-state index is 0.110. The van der Waals surface area contributed by atoms with Crippen molar-refractivity contribution in [2.45, 2.75) is 44.9 Å². The van der Waals surface area contributed by atoms with Crippen LogP contribution in [0.25, 0.3) is 11.4 Å². The lowest BCUT2D eigenvalue weighted by molar-refractivity contribution is -0.145. The average Bonchev–Trinajstić information content (AvgIpc) is 3.47. The second-order valence-electron chi connectivity index (χ2n) is 7.31. The first-order valence-corrected chi connectivity index (χ1v) is 9.87. The Kier molecular flexibility index (Phi) is 5.39. The fourth-order valence-corrected chi connectivity index (χ4v) is 3.66. The number of Topliss-reactive ketones (excluding diaryl/α,β-unsaturated/α-hetero) is 1. The molecule has 30 heavy (non-hydrogen) atoms. The van der Waals surface area contributed by atoms with E-state index in [2.05, 4.69) is 25.6 Å². The number of aryl methyl sites for hydroxylation is 2. The van der Waals surface area contributed by atoms with Gasteiger partial charge < -0.3 is 9.26 Å². The Morgan fingerprint density at radius 1 is 1.37 bits per heavy atom. The molecule has 0 spiro atoms. The van der Waals surface area contributed by atoms with Gasteiger partial charge in [0.1, 0.15) is 5.92 Å². The Balaban J connectivity index is 1.49. The molecule has 0 saturated carbocycles. The van der Waals surface area contributed by atoms with E-state index in [0.29, 0.717) is 18.9 Å². The number of nitrogens with zero attached hydrogens (tertiary/aromatic N) is 6. The van der Waals surface area contributed by atoms with Gasteiger partial charge in [0, 0.05) is 12.0 Å². The number of hydrogen-bond acceptors (Lipinski definition) is 9. The minimum Gasteiger partial charge on any atom is -0.465 e. The fraction of sp³-hybridized carbons (Fsp3) is 0.450. The number of fused-ring (bicyclic) bond motifs is 1. The van der Waals surface area contributed by atoms with Crippen LogP contribution in [0.2, 0.25) is 0 Å². The summed E-state index contributed by atoms with van der Waals surface area (Å²) in [4.78, 5) is 30.0. The van der Waals surface area contributed by atoms with Gasteiger partial charge >= 0.3 is 5.97 Å². The molecule has 2 atom stereocenters. The van der Waals surface area contributed by atoms with Gasteiger partial charge in [-0.1, -0.05) is 17.3 Å². The van der Waals surface area contributed by atoms with Crippen molar-refractivity contribution < 1.29 is 18.8 Å². The van der Waals surface area contributed by atoms with Crippen molar-refractivity contribution in [3.8, 4) is 11.4 Å². The van der Waals surface area contributed by atoms with Crippen LogP contribution >= 0.6 is 0 Å². The number of benzene rings is 1. The zero-order valence-electron chi connectivity index (χ0n) is 17.0. The number of hydrogen-bond donors (Lipinski definition) is 0. The van der Waals surface area contributed by atoms with Crippen molar-refractivity contribution in [2.24, 2.45) is 7.05 Å². The van der Waals surface area contributed by atoms with Crippen molar-refractivity contribution in [3.63, 3.8) is 0 Å². The number of carbonyl (C=O) groups is 2. The first-order valence-electron chi connectivity index (χ1n) is 9.87. The van der Waals surface area contributed by atoms with Crippen LogP contribution in [0.3, 0.4) is 0 Å². The van der Waals surface area contributed by atoms with Crippen LogP contribution in [0.4, 0.5) is 0 Å². The first kappa shape index (κ1) is 19.9. The molecule has 0 bridgehead atoms. The molecule has 0 radical (unpaired) electrons. The van der Waals surface area contributed by atoms with E-state index in [-0.39, 0.29) is 23.4 Å². The molecule has 0 N–H and O–H groups in total. The topological polar surface area (TPSA) is 126 Å². The number of carbonyl (C=O) groups excluding carboxylic acids is 2. The Labute approximate surface area is 172 Å². The molecule has 10 heteroatoms. The summed E-state index contributed by atoms with van der Waals surface area (Å²) < 4.78 is 10.3. The molecule has 2 aromatic heterocycles. The molecule has 0 saturated heterocycles. The van der Waals surface area contributed by atoms with Crippen molar-refractivity contribution in [2.75, 3.05) is 6.61 Å². The summed E-state index contributed by atoms with van der Waals surface area (Å²) in [5.74, 6) is -0.206. The van der Waals surface area contributed by atoms with Gasteiger partial charge in [-0.05, 0) is 55.0 Å². The van der Waals surface area contributed by atoms with Crippen LogP contribution in [0, 0.1) is 0 Å². The van der Waals surface area contributed by atoms with E-state index in [1.165, 1.54) is 4.80 Å².